The molecule has 3 rings (SSSR count). The molecular formula is C19H23BO4. The molecule has 0 aliphatic carbocycles. The van der Waals surface area contributed by atoms with Crippen molar-refractivity contribution >= 4 is 29.3 Å². The van der Waals surface area contributed by atoms with Gasteiger partial charge in [0.25, 0.3) is 0 Å². The van der Waals surface area contributed by atoms with Gasteiger partial charge in [-0.05, 0) is 56.9 Å². The van der Waals surface area contributed by atoms with Gasteiger partial charge in [0.1, 0.15) is 0 Å². The molecule has 5 heteroatoms. The second kappa shape index (κ2) is 5.90. The van der Waals surface area contributed by atoms with Crippen molar-refractivity contribution in [1.82, 2.24) is 0 Å². The van der Waals surface area contributed by atoms with E-state index in [4.69, 9.17) is 14.0 Å². The van der Waals surface area contributed by atoms with E-state index in [1.165, 1.54) is 0 Å². The average molecular weight is 326 g/mol. The van der Waals surface area contributed by atoms with Crippen LogP contribution in [0.2, 0.25) is 0 Å². The monoisotopic (exact) mass is 326 g/mol. The molecule has 0 saturated carbocycles. The molecule has 0 spiro atoms. The van der Waals surface area contributed by atoms with Gasteiger partial charge in [-0.2, -0.15) is 0 Å². The normalized spacial score (nSPS) is 18.8. The van der Waals surface area contributed by atoms with E-state index in [2.05, 4.69) is 0 Å². The lowest BCUT2D eigenvalue weighted by Crippen LogP contribution is -2.41. The highest BCUT2D eigenvalue weighted by Crippen LogP contribution is 2.37. The molecule has 0 N–H and O–H groups in total. The summed E-state index contributed by atoms with van der Waals surface area (Å²) in [6.45, 7) is 10.1. The number of hydrogen-bond acceptors (Lipinski definition) is 4. The lowest BCUT2D eigenvalue weighted by Gasteiger charge is -2.32. The largest absolute Gasteiger partial charge is 0.495 e. The Morgan fingerprint density at radius 2 is 1.58 bits per heavy atom. The van der Waals surface area contributed by atoms with Crippen LogP contribution in [0.25, 0.3) is 10.8 Å². The van der Waals surface area contributed by atoms with Gasteiger partial charge in [-0.25, -0.2) is 4.79 Å². The smallest absolute Gasteiger partial charge is 0.462 e. The molecule has 24 heavy (non-hydrogen) atoms. The van der Waals surface area contributed by atoms with Crippen LogP contribution in [0.4, 0.5) is 0 Å². The van der Waals surface area contributed by atoms with Crippen molar-refractivity contribution in [1.29, 1.82) is 0 Å². The Hall–Kier alpha value is -1.85. The summed E-state index contributed by atoms with van der Waals surface area (Å²) in [5.74, 6) is -0.354. The van der Waals surface area contributed by atoms with Crippen LogP contribution in [0.1, 0.15) is 45.0 Å². The molecule has 0 aromatic heterocycles. The van der Waals surface area contributed by atoms with E-state index in [1.54, 1.807) is 6.92 Å². The summed E-state index contributed by atoms with van der Waals surface area (Å²) >= 11 is 0. The maximum Gasteiger partial charge on any atom is 0.495 e. The Morgan fingerprint density at radius 1 is 1.04 bits per heavy atom. The van der Waals surface area contributed by atoms with Crippen molar-refractivity contribution in [2.24, 2.45) is 0 Å². The van der Waals surface area contributed by atoms with Crippen molar-refractivity contribution in [2.45, 2.75) is 45.8 Å². The molecule has 0 amide bonds. The molecule has 2 aromatic rings. The number of carbonyl (C=O) groups excluding carboxylic acids is 1. The quantitative estimate of drug-likeness (QED) is 0.641. The fourth-order valence-corrected chi connectivity index (χ4v) is 2.81. The number of esters is 1. The van der Waals surface area contributed by atoms with Gasteiger partial charge in [0, 0.05) is 0 Å². The van der Waals surface area contributed by atoms with E-state index in [1.807, 2.05) is 64.1 Å². The molecule has 126 valence electrons. The highest BCUT2D eigenvalue weighted by Gasteiger charge is 2.52. The number of carbonyl (C=O) groups is 1. The zero-order valence-electron chi connectivity index (χ0n) is 14.9. The Morgan fingerprint density at radius 3 is 2.12 bits per heavy atom. The number of benzene rings is 2. The summed E-state index contributed by atoms with van der Waals surface area (Å²) < 4.78 is 17.5. The summed E-state index contributed by atoms with van der Waals surface area (Å²) in [7, 11) is -0.598. The van der Waals surface area contributed by atoms with Crippen molar-refractivity contribution in [2.75, 3.05) is 6.61 Å². The van der Waals surface area contributed by atoms with Gasteiger partial charge >= 0.3 is 13.1 Å². The van der Waals surface area contributed by atoms with Crippen LogP contribution in [0.5, 0.6) is 0 Å². The third kappa shape index (κ3) is 2.83. The van der Waals surface area contributed by atoms with Crippen molar-refractivity contribution in [3.05, 3.63) is 42.0 Å². The van der Waals surface area contributed by atoms with E-state index in [-0.39, 0.29) is 5.97 Å². The first kappa shape index (κ1) is 17.0. The predicted molar refractivity (Wildman–Crippen MR) is 95.6 cm³/mol. The van der Waals surface area contributed by atoms with Gasteiger partial charge in [0.2, 0.25) is 0 Å². The van der Waals surface area contributed by atoms with E-state index >= 15 is 0 Å². The van der Waals surface area contributed by atoms with E-state index in [0.717, 1.165) is 10.8 Å². The first-order valence-electron chi connectivity index (χ1n) is 8.30. The van der Waals surface area contributed by atoms with Gasteiger partial charge in [-0.1, -0.05) is 30.3 Å². The van der Waals surface area contributed by atoms with Crippen molar-refractivity contribution in [3.63, 3.8) is 0 Å². The number of ether oxygens (including phenoxy) is 1. The van der Waals surface area contributed by atoms with Crippen LogP contribution < -0.4 is 5.46 Å². The molecule has 0 atom stereocenters. The first-order chi connectivity index (χ1) is 11.2. The molecular weight excluding hydrogens is 303 g/mol. The molecule has 1 saturated heterocycles. The molecule has 1 aliphatic heterocycles. The molecule has 0 radical (unpaired) electrons. The maximum absolute atomic E-state index is 12.5. The van der Waals surface area contributed by atoms with Crippen LogP contribution in [0.3, 0.4) is 0 Å². The third-order valence-corrected chi connectivity index (χ3v) is 4.92. The Bertz CT molecular complexity index is 766. The zero-order chi connectivity index (χ0) is 17.5. The Labute approximate surface area is 143 Å². The summed E-state index contributed by atoms with van der Waals surface area (Å²) in [6.07, 6.45) is 0. The van der Waals surface area contributed by atoms with Crippen LogP contribution in [0, 0.1) is 0 Å². The maximum atomic E-state index is 12.5. The standard InChI is InChI=1S/C19H23BO4/c1-6-22-17(21)15-11-13-9-7-8-10-14(13)12-16(15)20-23-18(2,3)19(4,5)24-20/h7-12H,6H2,1-5H3. The minimum Gasteiger partial charge on any atom is -0.462 e. The lowest BCUT2D eigenvalue weighted by atomic mass is 9.75. The fraction of sp³-hybridized carbons (Fsp3) is 0.421. The van der Waals surface area contributed by atoms with Gasteiger partial charge < -0.3 is 14.0 Å². The van der Waals surface area contributed by atoms with Crippen LogP contribution in [-0.2, 0) is 14.0 Å². The van der Waals surface area contributed by atoms with Gasteiger partial charge in [-0.15, -0.1) is 0 Å². The zero-order valence-corrected chi connectivity index (χ0v) is 14.9. The van der Waals surface area contributed by atoms with Gasteiger partial charge in [0.05, 0.1) is 23.4 Å². The van der Waals surface area contributed by atoms with Crippen LogP contribution in [-0.4, -0.2) is 30.9 Å². The summed E-state index contributed by atoms with van der Waals surface area (Å²) in [6, 6.07) is 11.7. The fourth-order valence-electron chi connectivity index (χ4n) is 2.81. The summed E-state index contributed by atoms with van der Waals surface area (Å²) in [5, 5.41) is 2.02. The summed E-state index contributed by atoms with van der Waals surface area (Å²) in [4.78, 5) is 12.5. The molecule has 1 aliphatic rings. The Kier molecular flexibility index (Phi) is 4.18. The lowest BCUT2D eigenvalue weighted by molar-refractivity contribution is 0.00578. The number of hydrogen-bond donors (Lipinski definition) is 0. The highest BCUT2D eigenvalue weighted by molar-refractivity contribution is 6.64. The molecule has 0 unspecified atom stereocenters. The summed E-state index contributed by atoms with van der Waals surface area (Å²) in [5.41, 5.74) is 0.282. The highest BCUT2D eigenvalue weighted by atomic mass is 16.7. The van der Waals surface area contributed by atoms with E-state index in [0.29, 0.717) is 17.6 Å². The van der Waals surface area contributed by atoms with Crippen molar-refractivity contribution < 1.29 is 18.8 Å². The molecule has 1 fully saturated rings. The molecule has 4 nitrogen and oxygen atoms in total. The molecule has 0 bridgehead atoms. The second-order valence-corrected chi connectivity index (χ2v) is 7.10. The minimum absolute atomic E-state index is 0.328. The number of rotatable bonds is 3. The number of fused-ring (bicyclic) bond motifs is 1. The average Bonchev–Trinajstić information content (AvgIpc) is 2.74. The third-order valence-electron chi connectivity index (χ3n) is 4.92. The van der Waals surface area contributed by atoms with Crippen LogP contribution >= 0.6 is 0 Å². The second-order valence-electron chi connectivity index (χ2n) is 7.10. The SMILES string of the molecule is CCOC(=O)c1cc2ccccc2cc1B1OC(C)(C)C(C)(C)O1. The molecule has 1 heterocycles. The van der Waals surface area contributed by atoms with E-state index in [9.17, 15) is 4.79 Å². The van der Waals surface area contributed by atoms with Gasteiger partial charge in [-0.3, -0.25) is 0 Å². The first-order valence-corrected chi connectivity index (χ1v) is 8.30. The minimum atomic E-state index is -0.598. The van der Waals surface area contributed by atoms with Crippen LogP contribution in [0.15, 0.2) is 36.4 Å². The van der Waals surface area contributed by atoms with Crippen molar-refractivity contribution in [3.8, 4) is 0 Å². The Balaban J connectivity index is 2.12. The van der Waals surface area contributed by atoms with Gasteiger partial charge in [0.15, 0.2) is 0 Å². The predicted octanol–water partition coefficient (Wildman–Crippen LogP) is 3.32. The molecule has 2 aromatic carbocycles. The van der Waals surface area contributed by atoms with E-state index < -0.39 is 18.3 Å². The topological polar surface area (TPSA) is 44.8 Å².